The van der Waals surface area contributed by atoms with E-state index in [1.54, 1.807) is 20.3 Å². The van der Waals surface area contributed by atoms with Crippen molar-refractivity contribution in [1.82, 2.24) is 4.98 Å². The van der Waals surface area contributed by atoms with Gasteiger partial charge in [0, 0.05) is 22.6 Å². The Kier molecular flexibility index (Phi) is 6.14. The molecular formula is C24H24N2O3S. The number of ether oxygens (including phenoxy) is 2. The summed E-state index contributed by atoms with van der Waals surface area (Å²) in [7, 11) is 3.16. The van der Waals surface area contributed by atoms with Crippen molar-refractivity contribution in [2.75, 3.05) is 19.5 Å². The number of thiazole rings is 1. The Balaban J connectivity index is 1.45. The summed E-state index contributed by atoms with van der Waals surface area (Å²) in [5.74, 6) is 0.967. The SMILES string of the molecule is COc1cccc(/C=C/C(=O)Nc2nc(-c3ccc4c(c3)CCCC4)cs2)c1OC. The Bertz CT molecular complexity index is 1090. The Morgan fingerprint density at radius 1 is 1.10 bits per heavy atom. The molecule has 0 atom stereocenters. The Labute approximate surface area is 180 Å². The second kappa shape index (κ2) is 9.13. The molecule has 1 amide bonds. The second-order valence-electron chi connectivity index (χ2n) is 7.13. The van der Waals surface area contributed by atoms with Crippen LogP contribution in [0.3, 0.4) is 0 Å². The number of anilines is 1. The van der Waals surface area contributed by atoms with Crippen molar-refractivity contribution >= 4 is 28.5 Å². The maximum absolute atomic E-state index is 12.4. The van der Waals surface area contributed by atoms with Crippen LogP contribution in [-0.2, 0) is 17.6 Å². The molecule has 0 radical (unpaired) electrons. The third-order valence-electron chi connectivity index (χ3n) is 5.23. The highest BCUT2D eigenvalue weighted by molar-refractivity contribution is 7.14. The molecule has 30 heavy (non-hydrogen) atoms. The first kappa shape index (κ1) is 20.2. The van der Waals surface area contributed by atoms with E-state index in [-0.39, 0.29) is 5.91 Å². The van der Waals surface area contributed by atoms with Crippen molar-refractivity contribution in [1.29, 1.82) is 0 Å². The average Bonchev–Trinajstić information content (AvgIpc) is 3.25. The van der Waals surface area contributed by atoms with Crippen molar-refractivity contribution in [2.45, 2.75) is 25.7 Å². The molecule has 154 valence electrons. The van der Waals surface area contributed by atoms with Gasteiger partial charge >= 0.3 is 0 Å². The Hall–Kier alpha value is -3.12. The largest absolute Gasteiger partial charge is 0.493 e. The molecule has 0 fully saturated rings. The minimum Gasteiger partial charge on any atom is -0.493 e. The van der Waals surface area contributed by atoms with Gasteiger partial charge in [-0.3, -0.25) is 10.1 Å². The number of hydrogen-bond acceptors (Lipinski definition) is 5. The number of hydrogen-bond donors (Lipinski definition) is 1. The van der Waals surface area contributed by atoms with Crippen molar-refractivity contribution in [3.8, 4) is 22.8 Å². The molecule has 0 spiro atoms. The standard InChI is InChI=1S/C24H24N2O3S/c1-28-21-9-5-8-17(23(21)29-2)12-13-22(27)26-24-25-20(15-30-24)19-11-10-16-6-3-4-7-18(16)14-19/h5,8-15H,3-4,6-7H2,1-2H3,(H,25,26,27)/b13-12+. The lowest BCUT2D eigenvalue weighted by Crippen LogP contribution is -2.07. The summed E-state index contributed by atoms with van der Waals surface area (Å²) in [6.45, 7) is 0. The number of carbonyl (C=O) groups is 1. The maximum Gasteiger partial charge on any atom is 0.250 e. The molecule has 0 saturated carbocycles. The Morgan fingerprint density at radius 2 is 1.93 bits per heavy atom. The molecule has 1 aliphatic rings. The third kappa shape index (κ3) is 4.39. The quantitative estimate of drug-likeness (QED) is 0.546. The van der Waals surface area contributed by atoms with Gasteiger partial charge < -0.3 is 9.47 Å². The summed E-state index contributed by atoms with van der Waals surface area (Å²) in [6, 6.07) is 12.1. The molecule has 2 aromatic carbocycles. The van der Waals surface area contributed by atoms with Crippen LogP contribution in [0.15, 0.2) is 47.9 Å². The van der Waals surface area contributed by atoms with Gasteiger partial charge in [-0.05, 0) is 55.0 Å². The molecule has 0 saturated heterocycles. The topological polar surface area (TPSA) is 60.5 Å². The lowest BCUT2D eigenvalue weighted by Gasteiger charge is -2.16. The molecule has 1 heterocycles. The first-order valence-corrected chi connectivity index (χ1v) is 10.8. The van der Waals surface area contributed by atoms with E-state index in [2.05, 4.69) is 28.5 Å². The van der Waals surface area contributed by atoms with E-state index in [1.807, 2.05) is 23.6 Å². The molecule has 4 rings (SSSR count). The lowest BCUT2D eigenvalue weighted by molar-refractivity contribution is -0.111. The van der Waals surface area contributed by atoms with Crippen molar-refractivity contribution < 1.29 is 14.3 Å². The van der Waals surface area contributed by atoms with Gasteiger partial charge in [0.1, 0.15) is 0 Å². The van der Waals surface area contributed by atoms with E-state index in [4.69, 9.17) is 9.47 Å². The summed E-state index contributed by atoms with van der Waals surface area (Å²) in [5.41, 5.74) is 5.63. The van der Waals surface area contributed by atoms with Crippen LogP contribution in [0.25, 0.3) is 17.3 Å². The van der Waals surface area contributed by atoms with Crippen LogP contribution >= 0.6 is 11.3 Å². The van der Waals surface area contributed by atoms with Gasteiger partial charge in [-0.15, -0.1) is 11.3 Å². The number of para-hydroxylation sites is 1. The summed E-state index contributed by atoms with van der Waals surface area (Å²) in [6.07, 6.45) is 7.99. The zero-order valence-corrected chi connectivity index (χ0v) is 17.9. The zero-order chi connectivity index (χ0) is 20.9. The molecule has 0 unspecified atom stereocenters. The average molecular weight is 421 g/mol. The lowest BCUT2D eigenvalue weighted by atomic mass is 9.90. The molecule has 5 nitrogen and oxygen atoms in total. The number of aryl methyl sites for hydroxylation is 2. The number of nitrogens with one attached hydrogen (secondary N) is 1. The number of nitrogens with zero attached hydrogens (tertiary/aromatic N) is 1. The van der Waals surface area contributed by atoms with Crippen molar-refractivity contribution in [3.63, 3.8) is 0 Å². The van der Waals surface area contributed by atoms with Gasteiger partial charge in [-0.25, -0.2) is 4.98 Å². The molecule has 1 aliphatic carbocycles. The minimum absolute atomic E-state index is 0.244. The number of carbonyl (C=O) groups excluding carboxylic acids is 1. The number of methoxy groups -OCH3 is 2. The first-order chi connectivity index (χ1) is 14.7. The van der Waals surface area contributed by atoms with Gasteiger partial charge in [0.2, 0.25) is 5.91 Å². The highest BCUT2D eigenvalue weighted by atomic mass is 32.1. The van der Waals surface area contributed by atoms with E-state index in [0.29, 0.717) is 16.6 Å². The van der Waals surface area contributed by atoms with Gasteiger partial charge in [-0.2, -0.15) is 0 Å². The van der Waals surface area contributed by atoms with Crippen molar-refractivity contribution in [3.05, 3.63) is 64.5 Å². The predicted molar refractivity (Wildman–Crippen MR) is 121 cm³/mol. The molecule has 3 aromatic rings. The number of amides is 1. The molecular weight excluding hydrogens is 396 g/mol. The van der Waals surface area contributed by atoms with Gasteiger partial charge in [-0.1, -0.05) is 24.3 Å². The second-order valence-corrected chi connectivity index (χ2v) is 7.99. The summed E-state index contributed by atoms with van der Waals surface area (Å²) in [5, 5.41) is 5.40. The summed E-state index contributed by atoms with van der Waals surface area (Å²) in [4.78, 5) is 17.0. The number of rotatable bonds is 6. The van der Waals surface area contributed by atoms with Crippen molar-refractivity contribution in [2.24, 2.45) is 0 Å². The van der Waals surface area contributed by atoms with E-state index < -0.39 is 0 Å². The smallest absolute Gasteiger partial charge is 0.250 e. The number of fused-ring (bicyclic) bond motifs is 1. The molecule has 0 bridgehead atoms. The van der Waals surface area contributed by atoms with E-state index in [9.17, 15) is 4.79 Å². The highest BCUT2D eigenvalue weighted by Gasteiger charge is 2.13. The summed E-state index contributed by atoms with van der Waals surface area (Å²) < 4.78 is 10.7. The molecule has 6 heteroatoms. The van der Waals surface area contributed by atoms with Crippen LogP contribution in [0.5, 0.6) is 11.5 Å². The third-order valence-corrected chi connectivity index (χ3v) is 5.98. The molecule has 1 aromatic heterocycles. The van der Waals surface area contributed by atoms with E-state index >= 15 is 0 Å². The van der Waals surface area contributed by atoms with Crippen LogP contribution in [-0.4, -0.2) is 25.1 Å². The van der Waals surface area contributed by atoms with Crippen LogP contribution in [0.1, 0.15) is 29.5 Å². The normalized spacial score (nSPS) is 13.1. The molecule has 0 aliphatic heterocycles. The maximum atomic E-state index is 12.4. The minimum atomic E-state index is -0.244. The number of benzene rings is 2. The summed E-state index contributed by atoms with van der Waals surface area (Å²) >= 11 is 1.42. The van der Waals surface area contributed by atoms with Crippen LogP contribution in [0, 0.1) is 0 Å². The fourth-order valence-electron chi connectivity index (χ4n) is 3.71. The first-order valence-electron chi connectivity index (χ1n) is 9.95. The molecule has 1 N–H and O–H groups in total. The fourth-order valence-corrected chi connectivity index (χ4v) is 4.43. The van der Waals surface area contributed by atoms with Gasteiger partial charge in [0.15, 0.2) is 16.6 Å². The van der Waals surface area contributed by atoms with Crippen LogP contribution in [0.2, 0.25) is 0 Å². The van der Waals surface area contributed by atoms with Crippen LogP contribution in [0.4, 0.5) is 5.13 Å². The fraction of sp³-hybridized carbons (Fsp3) is 0.250. The number of aromatic nitrogens is 1. The zero-order valence-electron chi connectivity index (χ0n) is 17.1. The highest BCUT2D eigenvalue weighted by Crippen LogP contribution is 2.32. The predicted octanol–water partition coefficient (Wildman–Crippen LogP) is 5.36. The van der Waals surface area contributed by atoms with E-state index in [1.165, 1.54) is 47.8 Å². The van der Waals surface area contributed by atoms with Crippen LogP contribution < -0.4 is 14.8 Å². The van der Waals surface area contributed by atoms with Gasteiger partial charge in [0.05, 0.1) is 19.9 Å². The van der Waals surface area contributed by atoms with Gasteiger partial charge in [0.25, 0.3) is 0 Å². The Morgan fingerprint density at radius 3 is 2.73 bits per heavy atom. The monoisotopic (exact) mass is 420 g/mol. The van der Waals surface area contributed by atoms with E-state index in [0.717, 1.165) is 23.2 Å².